The van der Waals surface area contributed by atoms with E-state index in [9.17, 15) is 9.59 Å². The third kappa shape index (κ3) is 2.35. The van der Waals surface area contributed by atoms with Crippen LogP contribution in [0.3, 0.4) is 0 Å². The number of esters is 1. The SMILES string of the molecule is O=C(O)C(=O)OCc1cccs1. The van der Waals surface area contributed by atoms with E-state index >= 15 is 0 Å². The van der Waals surface area contributed by atoms with Gasteiger partial charge in [0.05, 0.1) is 0 Å². The molecule has 0 spiro atoms. The van der Waals surface area contributed by atoms with Crippen LogP contribution in [-0.4, -0.2) is 17.0 Å². The molecule has 1 rings (SSSR count). The molecule has 0 fully saturated rings. The fraction of sp³-hybridized carbons (Fsp3) is 0.143. The molecule has 0 amide bonds. The molecular formula is C7H6O4S. The molecule has 4 nitrogen and oxygen atoms in total. The van der Waals surface area contributed by atoms with Gasteiger partial charge in [-0.15, -0.1) is 11.3 Å². The molecule has 64 valence electrons. The van der Waals surface area contributed by atoms with Gasteiger partial charge in [-0.3, -0.25) is 0 Å². The molecule has 0 bridgehead atoms. The first-order chi connectivity index (χ1) is 5.70. The van der Waals surface area contributed by atoms with Crippen LogP contribution in [0.15, 0.2) is 17.5 Å². The molecule has 0 aliphatic rings. The first-order valence-electron chi connectivity index (χ1n) is 3.12. The van der Waals surface area contributed by atoms with Gasteiger partial charge in [0.1, 0.15) is 6.61 Å². The Balaban J connectivity index is 2.37. The largest absolute Gasteiger partial charge is 0.473 e. The van der Waals surface area contributed by atoms with Crippen LogP contribution < -0.4 is 0 Å². The first-order valence-corrected chi connectivity index (χ1v) is 4.00. The molecule has 0 aliphatic carbocycles. The van der Waals surface area contributed by atoms with Crippen LogP contribution in [-0.2, 0) is 20.9 Å². The summed E-state index contributed by atoms with van der Waals surface area (Å²) in [5, 5.41) is 9.96. The van der Waals surface area contributed by atoms with E-state index in [0.717, 1.165) is 4.88 Å². The van der Waals surface area contributed by atoms with E-state index in [1.165, 1.54) is 11.3 Å². The molecule has 1 aromatic heterocycles. The standard InChI is InChI=1S/C7H6O4S/c8-6(9)7(10)11-4-5-2-1-3-12-5/h1-3H,4H2,(H,8,9). The quantitative estimate of drug-likeness (QED) is 0.550. The molecule has 0 atom stereocenters. The van der Waals surface area contributed by atoms with Crippen molar-refractivity contribution >= 4 is 23.3 Å². The first kappa shape index (κ1) is 8.73. The van der Waals surface area contributed by atoms with Crippen LogP contribution in [0.4, 0.5) is 0 Å². The van der Waals surface area contributed by atoms with E-state index in [4.69, 9.17) is 5.11 Å². The van der Waals surface area contributed by atoms with Crippen molar-refractivity contribution in [3.8, 4) is 0 Å². The minimum Gasteiger partial charge on any atom is -0.473 e. The average Bonchev–Trinajstić information content (AvgIpc) is 2.51. The van der Waals surface area contributed by atoms with Crippen LogP contribution >= 0.6 is 11.3 Å². The molecule has 12 heavy (non-hydrogen) atoms. The Morgan fingerprint density at radius 2 is 2.33 bits per heavy atom. The van der Waals surface area contributed by atoms with Crippen LogP contribution in [0.2, 0.25) is 0 Å². The van der Waals surface area contributed by atoms with Crippen molar-refractivity contribution < 1.29 is 19.4 Å². The summed E-state index contributed by atoms with van der Waals surface area (Å²) in [7, 11) is 0. The number of carboxylic acid groups (broad SMARTS) is 1. The summed E-state index contributed by atoms with van der Waals surface area (Å²) < 4.78 is 4.42. The van der Waals surface area contributed by atoms with Crippen molar-refractivity contribution in [1.29, 1.82) is 0 Å². The van der Waals surface area contributed by atoms with E-state index < -0.39 is 11.9 Å². The lowest BCUT2D eigenvalue weighted by Crippen LogP contribution is -2.15. The highest BCUT2D eigenvalue weighted by Crippen LogP contribution is 2.09. The molecule has 0 aromatic carbocycles. The predicted molar refractivity (Wildman–Crippen MR) is 41.8 cm³/mol. The number of carboxylic acids is 1. The van der Waals surface area contributed by atoms with E-state index in [2.05, 4.69) is 4.74 Å². The number of ether oxygens (including phenoxy) is 1. The zero-order valence-electron chi connectivity index (χ0n) is 6.02. The van der Waals surface area contributed by atoms with Crippen molar-refractivity contribution in [3.05, 3.63) is 22.4 Å². The summed E-state index contributed by atoms with van der Waals surface area (Å²) in [6.07, 6.45) is 0. The van der Waals surface area contributed by atoms with Gasteiger partial charge in [-0.05, 0) is 11.4 Å². The average molecular weight is 186 g/mol. The van der Waals surface area contributed by atoms with Gasteiger partial charge >= 0.3 is 11.9 Å². The van der Waals surface area contributed by atoms with Crippen LogP contribution in [0.1, 0.15) is 4.88 Å². The van der Waals surface area contributed by atoms with Crippen molar-refractivity contribution in [3.63, 3.8) is 0 Å². The van der Waals surface area contributed by atoms with Gasteiger partial charge in [0.15, 0.2) is 0 Å². The molecule has 0 aliphatic heterocycles. The Labute approximate surface area is 72.4 Å². The smallest absolute Gasteiger partial charge is 0.417 e. The molecule has 5 heteroatoms. The van der Waals surface area contributed by atoms with Gasteiger partial charge in [-0.1, -0.05) is 6.07 Å². The number of rotatable bonds is 2. The van der Waals surface area contributed by atoms with E-state index in [-0.39, 0.29) is 6.61 Å². The van der Waals surface area contributed by atoms with Crippen molar-refractivity contribution in [2.75, 3.05) is 0 Å². The second kappa shape index (κ2) is 3.87. The molecule has 0 saturated heterocycles. The lowest BCUT2D eigenvalue weighted by atomic mass is 10.5. The van der Waals surface area contributed by atoms with E-state index in [1.54, 1.807) is 12.1 Å². The summed E-state index contributed by atoms with van der Waals surface area (Å²) >= 11 is 1.41. The highest BCUT2D eigenvalue weighted by molar-refractivity contribution is 7.09. The van der Waals surface area contributed by atoms with Gasteiger partial charge in [0.2, 0.25) is 0 Å². The van der Waals surface area contributed by atoms with E-state index in [0.29, 0.717) is 0 Å². The fourth-order valence-corrected chi connectivity index (χ4v) is 1.21. The van der Waals surface area contributed by atoms with E-state index in [1.807, 2.05) is 5.38 Å². The molecule has 0 radical (unpaired) electrons. The third-order valence-corrected chi connectivity index (χ3v) is 1.95. The van der Waals surface area contributed by atoms with Crippen molar-refractivity contribution in [2.24, 2.45) is 0 Å². The highest BCUT2D eigenvalue weighted by Gasteiger charge is 2.12. The van der Waals surface area contributed by atoms with Gasteiger partial charge in [-0.25, -0.2) is 9.59 Å². The number of carbonyl (C=O) groups excluding carboxylic acids is 1. The number of hydrogen-bond acceptors (Lipinski definition) is 4. The molecule has 0 saturated carbocycles. The van der Waals surface area contributed by atoms with Crippen LogP contribution in [0, 0.1) is 0 Å². The Morgan fingerprint density at radius 1 is 1.58 bits per heavy atom. The second-order valence-corrected chi connectivity index (χ2v) is 2.99. The lowest BCUT2D eigenvalue weighted by molar-refractivity contribution is -0.164. The maximum atomic E-state index is 10.4. The number of hydrogen-bond donors (Lipinski definition) is 1. The normalized spacial score (nSPS) is 9.33. The van der Waals surface area contributed by atoms with Gasteiger partial charge in [0, 0.05) is 4.88 Å². The Morgan fingerprint density at radius 3 is 2.83 bits per heavy atom. The van der Waals surface area contributed by atoms with Crippen LogP contribution in [0.25, 0.3) is 0 Å². The zero-order chi connectivity index (χ0) is 8.97. The number of carbonyl (C=O) groups is 2. The molecule has 0 unspecified atom stereocenters. The topological polar surface area (TPSA) is 63.6 Å². The van der Waals surface area contributed by atoms with Gasteiger partial charge < -0.3 is 9.84 Å². The number of aliphatic carboxylic acids is 1. The summed E-state index contributed by atoms with van der Waals surface area (Å²) in [5.41, 5.74) is 0. The summed E-state index contributed by atoms with van der Waals surface area (Å²) in [6.45, 7) is 0.0306. The van der Waals surface area contributed by atoms with Crippen molar-refractivity contribution in [1.82, 2.24) is 0 Å². The Bertz CT molecular complexity index is 278. The number of thiophene rings is 1. The molecular weight excluding hydrogens is 180 g/mol. The maximum absolute atomic E-state index is 10.4. The van der Waals surface area contributed by atoms with Crippen LogP contribution in [0.5, 0.6) is 0 Å². The minimum absolute atomic E-state index is 0.0306. The summed E-state index contributed by atoms with van der Waals surface area (Å²) in [6, 6.07) is 3.56. The van der Waals surface area contributed by atoms with Gasteiger partial charge in [0.25, 0.3) is 0 Å². The monoisotopic (exact) mass is 186 g/mol. The molecule has 1 N–H and O–H groups in total. The second-order valence-electron chi connectivity index (χ2n) is 1.96. The van der Waals surface area contributed by atoms with Crippen molar-refractivity contribution in [2.45, 2.75) is 6.61 Å². The third-order valence-electron chi connectivity index (χ3n) is 1.10. The molecule has 1 heterocycles. The Hall–Kier alpha value is -1.36. The minimum atomic E-state index is -1.56. The Kier molecular flexibility index (Phi) is 2.82. The molecule has 1 aromatic rings. The summed E-state index contributed by atoms with van der Waals surface area (Å²) in [5.74, 6) is -2.78. The zero-order valence-corrected chi connectivity index (χ0v) is 6.84. The summed E-state index contributed by atoms with van der Waals surface area (Å²) in [4.78, 5) is 21.2. The highest BCUT2D eigenvalue weighted by atomic mass is 32.1. The van der Waals surface area contributed by atoms with Gasteiger partial charge in [-0.2, -0.15) is 0 Å². The fourth-order valence-electron chi connectivity index (χ4n) is 0.593. The predicted octanol–water partition coefficient (Wildman–Crippen LogP) is 0.876. The maximum Gasteiger partial charge on any atom is 0.417 e. The lowest BCUT2D eigenvalue weighted by Gasteiger charge is -1.97.